The third-order valence-electron chi connectivity index (χ3n) is 11.6. The Kier molecular flexibility index (Phi) is 5.52. The summed E-state index contributed by atoms with van der Waals surface area (Å²) in [5.74, 6) is 0. The van der Waals surface area contributed by atoms with Crippen molar-refractivity contribution in [1.29, 1.82) is 0 Å². The van der Waals surface area contributed by atoms with Gasteiger partial charge in [0.2, 0.25) is 0 Å². The maximum atomic E-state index is 2.54. The van der Waals surface area contributed by atoms with Crippen molar-refractivity contribution in [2.24, 2.45) is 0 Å². The van der Waals surface area contributed by atoms with Crippen LogP contribution in [0.15, 0.2) is 170 Å². The van der Waals surface area contributed by atoms with E-state index in [4.69, 9.17) is 0 Å². The summed E-state index contributed by atoms with van der Waals surface area (Å²) < 4.78 is 0. The molecule has 0 bridgehead atoms. The van der Waals surface area contributed by atoms with Crippen molar-refractivity contribution in [3.63, 3.8) is 0 Å². The molecule has 0 aromatic heterocycles. The Balaban J connectivity index is 1.19. The third-order valence-corrected chi connectivity index (χ3v) is 11.6. The number of hydrogen-bond donors (Lipinski definition) is 0. The quantitative estimate of drug-likeness (QED) is 0.169. The van der Waals surface area contributed by atoms with Gasteiger partial charge in [0.15, 0.2) is 0 Å². The normalized spacial score (nSPS) is 16.1. The van der Waals surface area contributed by atoms with Gasteiger partial charge >= 0.3 is 0 Å². The van der Waals surface area contributed by atoms with Crippen LogP contribution in [0.3, 0.4) is 0 Å². The van der Waals surface area contributed by atoms with E-state index in [0.717, 1.165) is 12.8 Å². The molecule has 0 N–H and O–H groups in total. The van der Waals surface area contributed by atoms with Crippen LogP contribution in [0.1, 0.15) is 28.7 Å². The summed E-state index contributed by atoms with van der Waals surface area (Å²) in [4.78, 5) is 0. The van der Waals surface area contributed by atoms with Gasteiger partial charge in [-0.05, 0) is 136 Å². The van der Waals surface area contributed by atoms with E-state index in [0.29, 0.717) is 0 Å². The number of rotatable bonds is 2. The number of benzene rings is 9. The van der Waals surface area contributed by atoms with E-state index in [2.05, 4.69) is 170 Å². The van der Waals surface area contributed by atoms with Crippen LogP contribution in [0.5, 0.6) is 0 Å². The monoisotopic (exact) mass is 620 g/mol. The van der Waals surface area contributed by atoms with Crippen molar-refractivity contribution in [2.75, 3.05) is 0 Å². The molecule has 228 valence electrons. The van der Waals surface area contributed by atoms with E-state index in [1.807, 2.05) is 0 Å². The van der Waals surface area contributed by atoms with Crippen LogP contribution >= 0.6 is 0 Å². The van der Waals surface area contributed by atoms with E-state index in [1.165, 1.54) is 98.7 Å². The molecule has 0 heteroatoms. The lowest BCUT2D eigenvalue weighted by Gasteiger charge is -2.29. The first kappa shape index (κ1) is 27.0. The van der Waals surface area contributed by atoms with E-state index in [1.54, 1.807) is 0 Å². The molecule has 0 nitrogen and oxygen atoms in total. The van der Waals surface area contributed by atoms with Gasteiger partial charge in [-0.3, -0.25) is 0 Å². The SMILES string of the molecule is c1ccc2c(c1)CCC21c2ccccc2-c2ccc(-c3cc4cc(-c5ccc6ccccc6c5)c5ccccc5c4c4ccccc34)cc21. The fourth-order valence-corrected chi connectivity index (χ4v) is 9.52. The van der Waals surface area contributed by atoms with Gasteiger partial charge in [-0.2, -0.15) is 0 Å². The molecule has 0 heterocycles. The number of fused-ring (bicyclic) bond motifs is 13. The summed E-state index contributed by atoms with van der Waals surface area (Å²) in [5, 5.41) is 10.3. The van der Waals surface area contributed by atoms with Crippen molar-refractivity contribution in [3.8, 4) is 33.4 Å². The van der Waals surface area contributed by atoms with Gasteiger partial charge in [0, 0.05) is 5.41 Å². The van der Waals surface area contributed by atoms with Gasteiger partial charge in [-0.1, -0.05) is 146 Å². The van der Waals surface area contributed by atoms with Crippen molar-refractivity contribution < 1.29 is 0 Å². The van der Waals surface area contributed by atoms with Gasteiger partial charge in [0.25, 0.3) is 0 Å². The lowest BCUT2D eigenvalue weighted by Crippen LogP contribution is -2.23. The molecular formula is C49H32. The Bertz CT molecular complexity index is 2840. The summed E-state index contributed by atoms with van der Waals surface area (Å²) in [6.45, 7) is 0. The average Bonchev–Trinajstić information content (AvgIpc) is 3.70. The second-order valence-electron chi connectivity index (χ2n) is 14.0. The van der Waals surface area contributed by atoms with E-state index >= 15 is 0 Å². The lowest BCUT2D eigenvalue weighted by molar-refractivity contribution is 0.626. The maximum absolute atomic E-state index is 2.54. The van der Waals surface area contributed by atoms with Gasteiger partial charge in [-0.25, -0.2) is 0 Å². The standard InChI is InChI=1S/C49H32/c1-2-13-33-27-34(22-21-31(33)11-1)43-28-36-29-44(38-15-5-7-18-42(38)48(36)41-17-6-4-14-37(41)43)35-23-24-40-39-16-8-10-20-46(39)49(47(40)30-35)26-25-32-12-3-9-19-45(32)49/h1-24,27-30H,25-26H2. The van der Waals surface area contributed by atoms with Crippen LogP contribution in [-0.2, 0) is 11.8 Å². The molecule has 0 amide bonds. The summed E-state index contributed by atoms with van der Waals surface area (Å²) in [5.41, 5.74) is 13.7. The maximum Gasteiger partial charge on any atom is 0.0469 e. The molecule has 0 saturated carbocycles. The van der Waals surface area contributed by atoms with Crippen LogP contribution in [0, 0.1) is 0 Å². The van der Waals surface area contributed by atoms with E-state index < -0.39 is 0 Å². The molecule has 0 saturated heterocycles. The predicted octanol–water partition coefficient (Wildman–Crippen LogP) is 12.9. The first-order chi connectivity index (χ1) is 24.3. The zero-order chi connectivity index (χ0) is 32.1. The first-order valence-corrected chi connectivity index (χ1v) is 17.5. The van der Waals surface area contributed by atoms with Crippen LogP contribution in [-0.4, -0.2) is 0 Å². The van der Waals surface area contributed by atoms with E-state index in [-0.39, 0.29) is 5.41 Å². The minimum absolute atomic E-state index is 0.107. The molecule has 11 rings (SSSR count). The third kappa shape index (κ3) is 3.69. The molecule has 9 aromatic carbocycles. The van der Waals surface area contributed by atoms with Crippen molar-refractivity contribution in [3.05, 3.63) is 192 Å². The van der Waals surface area contributed by atoms with Crippen molar-refractivity contribution in [2.45, 2.75) is 18.3 Å². The molecular weight excluding hydrogens is 589 g/mol. The van der Waals surface area contributed by atoms with Crippen molar-refractivity contribution >= 4 is 43.1 Å². The second-order valence-corrected chi connectivity index (χ2v) is 14.0. The molecule has 1 atom stereocenters. The van der Waals surface area contributed by atoms with Crippen LogP contribution in [0.2, 0.25) is 0 Å². The Labute approximate surface area is 285 Å². The zero-order valence-corrected chi connectivity index (χ0v) is 27.1. The first-order valence-electron chi connectivity index (χ1n) is 17.5. The highest BCUT2D eigenvalue weighted by atomic mass is 14.5. The molecule has 0 aliphatic heterocycles. The average molecular weight is 621 g/mol. The number of aryl methyl sites for hydroxylation is 1. The lowest BCUT2D eigenvalue weighted by atomic mass is 9.73. The predicted molar refractivity (Wildman–Crippen MR) is 207 cm³/mol. The smallest absolute Gasteiger partial charge is 0.0469 e. The van der Waals surface area contributed by atoms with Crippen LogP contribution in [0.25, 0.3) is 76.5 Å². The molecule has 9 aromatic rings. The van der Waals surface area contributed by atoms with Gasteiger partial charge in [0.1, 0.15) is 0 Å². The Hall–Kier alpha value is -5.98. The molecule has 1 unspecified atom stereocenters. The van der Waals surface area contributed by atoms with Crippen LogP contribution < -0.4 is 0 Å². The highest BCUT2D eigenvalue weighted by molar-refractivity contribution is 6.26. The highest BCUT2D eigenvalue weighted by Crippen LogP contribution is 2.59. The Morgan fingerprint density at radius 2 is 0.918 bits per heavy atom. The molecule has 0 fully saturated rings. The highest BCUT2D eigenvalue weighted by Gasteiger charge is 2.48. The molecule has 49 heavy (non-hydrogen) atoms. The summed E-state index contributed by atoms with van der Waals surface area (Å²) in [6.07, 6.45) is 2.22. The molecule has 2 aliphatic carbocycles. The fraction of sp³-hybridized carbons (Fsp3) is 0.0612. The van der Waals surface area contributed by atoms with E-state index in [9.17, 15) is 0 Å². The topological polar surface area (TPSA) is 0 Å². The van der Waals surface area contributed by atoms with Crippen LogP contribution in [0.4, 0.5) is 0 Å². The molecule has 0 radical (unpaired) electrons. The summed E-state index contributed by atoms with van der Waals surface area (Å²) in [7, 11) is 0. The van der Waals surface area contributed by atoms with Crippen molar-refractivity contribution in [1.82, 2.24) is 0 Å². The Morgan fingerprint density at radius 1 is 0.347 bits per heavy atom. The summed E-state index contributed by atoms with van der Waals surface area (Å²) in [6, 6.07) is 64.0. The van der Waals surface area contributed by atoms with Gasteiger partial charge < -0.3 is 0 Å². The second kappa shape index (κ2) is 10.0. The number of hydrogen-bond acceptors (Lipinski definition) is 0. The zero-order valence-electron chi connectivity index (χ0n) is 27.1. The Morgan fingerprint density at radius 3 is 1.69 bits per heavy atom. The largest absolute Gasteiger partial charge is 0.0620 e. The van der Waals surface area contributed by atoms with Gasteiger partial charge in [0.05, 0.1) is 0 Å². The minimum atomic E-state index is -0.107. The fourth-order valence-electron chi connectivity index (χ4n) is 9.52. The van der Waals surface area contributed by atoms with Gasteiger partial charge in [-0.15, -0.1) is 0 Å². The molecule has 1 spiro atoms. The minimum Gasteiger partial charge on any atom is -0.0620 e. The summed E-state index contributed by atoms with van der Waals surface area (Å²) >= 11 is 0. The molecule has 2 aliphatic rings.